The highest BCUT2D eigenvalue weighted by molar-refractivity contribution is 5.37. The first-order valence-electron chi connectivity index (χ1n) is 6.60. The van der Waals surface area contributed by atoms with E-state index in [-0.39, 0.29) is 5.56 Å². The zero-order valence-corrected chi connectivity index (χ0v) is 12.4. The lowest BCUT2D eigenvalue weighted by atomic mass is 10.1. The molecule has 0 spiro atoms. The molecule has 0 aliphatic carbocycles. The molecule has 0 aliphatic heterocycles. The first-order chi connectivity index (χ1) is 10.2. The summed E-state index contributed by atoms with van der Waals surface area (Å²) in [6.07, 6.45) is 0. The highest BCUT2D eigenvalue weighted by Gasteiger charge is 2.08. The van der Waals surface area contributed by atoms with Crippen molar-refractivity contribution in [2.45, 2.75) is 13.1 Å². The van der Waals surface area contributed by atoms with Crippen LogP contribution in [0.4, 0.5) is 0 Å². The predicted octanol–water partition coefficient (Wildman–Crippen LogP) is 1.03. The average Bonchev–Trinajstić information content (AvgIpc) is 2.50. The Hall–Kier alpha value is -2.34. The Bertz CT molecular complexity index is 667. The summed E-state index contributed by atoms with van der Waals surface area (Å²) < 4.78 is 11.8. The van der Waals surface area contributed by atoms with Gasteiger partial charge in [0.2, 0.25) is 5.88 Å². The van der Waals surface area contributed by atoms with Crippen LogP contribution in [0.25, 0.3) is 0 Å². The molecule has 21 heavy (non-hydrogen) atoms. The smallest absolute Gasteiger partial charge is 0.267 e. The molecule has 112 valence electrons. The van der Waals surface area contributed by atoms with E-state index in [0.717, 1.165) is 23.4 Å². The average molecular weight is 289 g/mol. The zero-order chi connectivity index (χ0) is 15.2. The Kier molecular flexibility index (Phi) is 4.94. The van der Waals surface area contributed by atoms with Gasteiger partial charge in [0.25, 0.3) is 5.56 Å². The summed E-state index contributed by atoms with van der Waals surface area (Å²) in [7, 11) is 5.02. The molecule has 6 nitrogen and oxygen atoms in total. The van der Waals surface area contributed by atoms with Gasteiger partial charge in [-0.3, -0.25) is 4.79 Å². The first kappa shape index (κ1) is 15.1. The van der Waals surface area contributed by atoms with Gasteiger partial charge >= 0.3 is 0 Å². The van der Waals surface area contributed by atoms with Gasteiger partial charge in [0.1, 0.15) is 5.75 Å². The third-order valence-corrected chi connectivity index (χ3v) is 3.10. The molecule has 0 radical (unpaired) electrons. The van der Waals surface area contributed by atoms with Gasteiger partial charge in [-0.05, 0) is 24.7 Å². The molecule has 0 bridgehead atoms. The van der Waals surface area contributed by atoms with Crippen molar-refractivity contribution >= 4 is 0 Å². The second-order valence-corrected chi connectivity index (χ2v) is 4.55. The number of nitrogens with one attached hydrogen (secondary N) is 1. The number of ether oxygens (including phenoxy) is 2. The number of methoxy groups -OCH3 is 2. The van der Waals surface area contributed by atoms with Gasteiger partial charge in [0.15, 0.2) is 0 Å². The van der Waals surface area contributed by atoms with Crippen molar-refractivity contribution in [1.82, 2.24) is 15.1 Å². The molecule has 0 saturated carbocycles. The summed E-state index contributed by atoms with van der Waals surface area (Å²) in [5, 5.41) is 7.25. The fraction of sp³-hybridized carbons (Fsp3) is 0.333. The van der Waals surface area contributed by atoms with Gasteiger partial charge in [0.05, 0.1) is 20.8 Å². The summed E-state index contributed by atoms with van der Waals surface area (Å²) in [4.78, 5) is 11.9. The molecular formula is C15H19N3O3. The zero-order valence-electron chi connectivity index (χ0n) is 12.4. The van der Waals surface area contributed by atoms with E-state index in [1.807, 2.05) is 25.2 Å². The number of hydrogen-bond acceptors (Lipinski definition) is 5. The van der Waals surface area contributed by atoms with Crippen LogP contribution in [-0.2, 0) is 13.1 Å². The van der Waals surface area contributed by atoms with Crippen molar-refractivity contribution in [2.24, 2.45) is 0 Å². The van der Waals surface area contributed by atoms with Crippen LogP contribution < -0.4 is 20.3 Å². The van der Waals surface area contributed by atoms with Crippen LogP contribution in [0.5, 0.6) is 11.6 Å². The van der Waals surface area contributed by atoms with Gasteiger partial charge in [-0.15, -0.1) is 5.10 Å². The largest absolute Gasteiger partial charge is 0.496 e. The van der Waals surface area contributed by atoms with Gasteiger partial charge in [0, 0.05) is 24.2 Å². The van der Waals surface area contributed by atoms with Gasteiger partial charge in [-0.1, -0.05) is 6.07 Å². The van der Waals surface area contributed by atoms with E-state index < -0.39 is 0 Å². The van der Waals surface area contributed by atoms with Crippen molar-refractivity contribution in [3.05, 3.63) is 51.8 Å². The topological polar surface area (TPSA) is 65.4 Å². The molecule has 0 amide bonds. The highest BCUT2D eigenvalue weighted by Crippen LogP contribution is 2.20. The highest BCUT2D eigenvalue weighted by atomic mass is 16.5. The van der Waals surface area contributed by atoms with Crippen LogP contribution in [0, 0.1) is 0 Å². The number of aromatic nitrogens is 2. The quantitative estimate of drug-likeness (QED) is 0.860. The molecule has 6 heteroatoms. The van der Waals surface area contributed by atoms with Crippen LogP contribution >= 0.6 is 0 Å². The van der Waals surface area contributed by atoms with E-state index in [9.17, 15) is 4.79 Å². The lowest BCUT2D eigenvalue weighted by Crippen LogP contribution is -2.23. The molecule has 2 aromatic rings. The molecule has 0 unspecified atom stereocenters. The minimum atomic E-state index is -0.183. The Labute approximate surface area is 123 Å². The van der Waals surface area contributed by atoms with Crippen LogP contribution in [0.1, 0.15) is 11.1 Å². The van der Waals surface area contributed by atoms with Crippen LogP contribution in [-0.4, -0.2) is 31.0 Å². The summed E-state index contributed by atoms with van der Waals surface area (Å²) in [6, 6.07) is 8.88. The number of hydrogen-bond donors (Lipinski definition) is 1. The van der Waals surface area contributed by atoms with Gasteiger partial charge in [-0.25, -0.2) is 4.68 Å². The molecule has 1 heterocycles. The van der Waals surface area contributed by atoms with Gasteiger partial charge < -0.3 is 14.8 Å². The normalized spacial score (nSPS) is 10.4. The molecule has 1 aromatic heterocycles. The molecule has 0 saturated heterocycles. The first-order valence-corrected chi connectivity index (χ1v) is 6.60. The Morgan fingerprint density at radius 1 is 1.19 bits per heavy atom. The lowest BCUT2D eigenvalue weighted by molar-refractivity contribution is 0.376. The van der Waals surface area contributed by atoms with Crippen LogP contribution in [0.15, 0.2) is 35.1 Å². The molecule has 0 fully saturated rings. The second-order valence-electron chi connectivity index (χ2n) is 4.55. The predicted molar refractivity (Wildman–Crippen MR) is 79.9 cm³/mol. The van der Waals surface area contributed by atoms with E-state index in [0.29, 0.717) is 12.4 Å². The molecule has 1 N–H and O–H groups in total. The van der Waals surface area contributed by atoms with Crippen molar-refractivity contribution in [3.8, 4) is 11.6 Å². The van der Waals surface area contributed by atoms with Crippen molar-refractivity contribution < 1.29 is 9.47 Å². The standard InChI is InChI=1S/C15H19N3O3/c1-16-9-11-4-5-13(20-2)12(8-11)10-18-15(19)7-6-14(17-18)21-3/h4-8,16H,9-10H2,1-3H3. The summed E-state index contributed by atoms with van der Waals surface area (Å²) >= 11 is 0. The van der Waals surface area contributed by atoms with E-state index >= 15 is 0 Å². The minimum Gasteiger partial charge on any atom is -0.496 e. The maximum absolute atomic E-state index is 11.9. The second kappa shape index (κ2) is 6.90. The van der Waals surface area contributed by atoms with Gasteiger partial charge in [-0.2, -0.15) is 0 Å². The molecule has 0 atom stereocenters. The summed E-state index contributed by atoms with van der Waals surface area (Å²) in [5.41, 5.74) is 1.83. The maximum Gasteiger partial charge on any atom is 0.267 e. The number of benzene rings is 1. The van der Waals surface area contributed by atoms with E-state index in [2.05, 4.69) is 10.4 Å². The van der Waals surface area contributed by atoms with E-state index in [1.165, 1.54) is 17.9 Å². The van der Waals surface area contributed by atoms with E-state index in [1.54, 1.807) is 13.2 Å². The third kappa shape index (κ3) is 3.61. The Balaban J connectivity index is 2.37. The molecular weight excluding hydrogens is 270 g/mol. The van der Waals surface area contributed by atoms with Crippen LogP contribution in [0.2, 0.25) is 0 Å². The van der Waals surface area contributed by atoms with Crippen molar-refractivity contribution in [3.63, 3.8) is 0 Å². The molecule has 0 aliphatic rings. The fourth-order valence-electron chi connectivity index (χ4n) is 2.08. The van der Waals surface area contributed by atoms with E-state index in [4.69, 9.17) is 9.47 Å². The minimum absolute atomic E-state index is 0.183. The SMILES string of the molecule is CNCc1ccc(OC)c(Cn2nc(OC)ccc2=O)c1. The molecule has 2 rings (SSSR count). The summed E-state index contributed by atoms with van der Waals surface area (Å²) in [6.45, 7) is 1.08. The Morgan fingerprint density at radius 2 is 2.00 bits per heavy atom. The molecule has 1 aromatic carbocycles. The monoisotopic (exact) mass is 289 g/mol. The van der Waals surface area contributed by atoms with Crippen molar-refractivity contribution in [1.29, 1.82) is 0 Å². The third-order valence-electron chi connectivity index (χ3n) is 3.10. The number of rotatable bonds is 6. The number of nitrogens with zero attached hydrogens (tertiary/aromatic N) is 2. The lowest BCUT2D eigenvalue weighted by Gasteiger charge is -2.12. The summed E-state index contributed by atoms with van der Waals surface area (Å²) in [5.74, 6) is 1.13. The van der Waals surface area contributed by atoms with Crippen LogP contribution in [0.3, 0.4) is 0 Å². The Morgan fingerprint density at radius 3 is 2.67 bits per heavy atom. The fourth-order valence-corrected chi connectivity index (χ4v) is 2.08. The van der Waals surface area contributed by atoms with Crippen molar-refractivity contribution in [2.75, 3.05) is 21.3 Å². The maximum atomic E-state index is 11.9.